The quantitative estimate of drug-likeness (QED) is 0.859. The molecule has 0 saturated carbocycles. The molecule has 8 heteroatoms. The number of methoxy groups -OCH3 is 1. The van der Waals surface area contributed by atoms with Gasteiger partial charge in [-0.1, -0.05) is 13.8 Å². The van der Waals surface area contributed by atoms with E-state index < -0.39 is 0 Å². The van der Waals surface area contributed by atoms with Crippen LogP contribution in [0.25, 0.3) is 10.8 Å². The van der Waals surface area contributed by atoms with E-state index in [0.717, 1.165) is 10.8 Å². The van der Waals surface area contributed by atoms with Crippen LogP contribution < -0.4 is 10.9 Å². The van der Waals surface area contributed by atoms with E-state index in [2.05, 4.69) is 29.1 Å². The van der Waals surface area contributed by atoms with Gasteiger partial charge in [0.25, 0.3) is 11.6 Å². The van der Waals surface area contributed by atoms with Gasteiger partial charge in [0.1, 0.15) is 12.0 Å². The summed E-state index contributed by atoms with van der Waals surface area (Å²) in [6.45, 7) is 4.15. The van der Waals surface area contributed by atoms with Crippen molar-refractivity contribution in [2.45, 2.75) is 26.2 Å². The van der Waals surface area contributed by atoms with E-state index in [9.17, 15) is 9.90 Å². The Hall–Kier alpha value is -2.45. The molecule has 1 saturated heterocycles. The second kappa shape index (κ2) is 5.82. The normalized spacial score (nSPS) is 27.9. The van der Waals surface area contributed by atoms with Gasteiger partial charge in [0, 0.05) is 23.6 Å². The third-order valence-corrected chi connectivity index (χ3v) is 5.16. The molecule has 2 aliphatic heterocycles. The summed E-state index contributed by atoms with van der Waals surface area (Å²) in [5, 5.41) is 14.1. The Kier molecular flexibility index (Phi) is 3.73. The van der Waals surface area contributed by atoms with Gasteiger partial charge in [-0.05, 0) is 12.0 Å². The fourth-order valence-corrected chi connectivity index (χ4v) is 3.54. The van der Waals surface area contributed by atoms with Gasteiger partial charge >= 0.3 is 0 Å². The van der Waals surface area contributed by atoms with Crippen molar-refractivity contribution in [3.8, 4) is 0 Å². The van der Waals surface area contributed by atoms with Gasteiger partial charge in [0.05, 0.1) is 25.2 Å². The Labute approximate surface area is 144 Å². The number of aliphatic hydroxyl groups is 1. The molecule has 0 aromatic carbocycles. The number of nitrogens with one attached hydrogen (secondary N) is 1. The summed E-state index contributed by atoms with van der Waals surface area (Å²) in [6.07, 6.45) is 1.43. The van der Waals surface area contributed by atoms with E-state index in [1.54, 1.807) is 6.07 Å². The maximum Gasteiger partial charge on any atom is 0.296 e. The summed E-state index contributed by atoms with van der Waals surface area (Å²) in [4.78, 5) is 20.4. The maximum absolute atomic E-state index is 11.8. The van der Waals surface area contributed by atoms with Gasteiger partial charge in [-0.15, -0.1) is 0 Å². The smallest absolute Gasteiger partial charge is 0.296 e. The van der Waals surface area contributed by atoms with Gasteiger partial charge in [-0.25, -0.2) is 0 Å². The molecule has 132 valence electrons. The SMILES string of the molecule is COC1=Nc2c3c(nc(=O)ccc3cn2[C@@H]2O[C@H](CO)[C@@H](C)[C@@H]2C)N1. The monoisotopic (exact) mass is 344 g/mol. The predicted molar refractivity (Wildman–Crippen MR) is 93.1 cm³/mol. The van der Waals surface area contributed by atoms with Gasteiger partial charge < -0.3 is 19.1 Å². The molecule has 0 aliphatic carbocycles. The van der Waals surface area contributed by atoms with Crippen molar-refractivity contribution < 1.29 is 14.6 Å². The molecule has 25 heavy (non-hydrogen) atoms. The average Bonchev–Trinajstić information content (AvgIpc) is 3.05. The van der Waals surface area contributed by atoms with Crippen molar-refractivity contribution in [3.05, 3.63) is 28.7 Å². The van der Waals surface area contributed by atoms with Crippen molar-refractivity contribution in [3.63, 3.8) is 0 Å². The number of ether oxygens (including phenoxy) is 2. The van der Waals surface area contributed by atoms with Crippen LogP contribution in [0.1, 0.15) is 20.1 Å². The Balaban J connectivity index is 1.93. The fourth-order valence-electron chi connectivity index (χ4n) is 3.54. The molecule has 4 heterocycles. The largest absolute Gasteiger partial charge is 0.468 e. The molecule has 2 N–H and O–H groups in total. The molecule has 0 radical (unpaired) electrons. The average molecular weight is 344 g/mol. The number of hydrogen-bond acceptors (Lipinski definition) is 7. The van der Waals surface area contributed by atoms with Gasteiger partial charge in [0.15, 0.2) is 5.82 Å². The standard InChI is InChI=1S/C17H20N4O4/c1-8-9(2)16(25-11(8)7-22)21-6-10-4-5-12(23)18-14-13(10)15(21)20-17(19-14)24-3/h4-6,8-9,11,16,22H,7H2,1-3H3,(H,18,19,20,23)/t8-,9-,11+,16+/m0/s1. The highest BCUT2D eigenvalue weighted by molar-refractivity contribution is 6.09. The first kappa shape index (κ1) is 16.0. The van der Waals surface area contributed by atoms with Crippen molar-refractivity contribution >= 4 is 28.4 Å². The zero-order valence-electron chi connectivity index (χ0n) is 14.3. The minimum atomic E-state index is -0.340. The molecule has 4 atom stereocenters. The fraction of sp³-hybridized carbons (Fsp3) is 0.471. The molecule has 1 fully saturated rings. The van der Waals surface area contributed by atoms with Crippen LogP contribution >= 0.6 is 0 Å². The molecule has 8 nitrogen and oxygen atoms in total. The zero-order chi connectivity index (χ0) is 17.7. The number of aliphatic hydroxyl groups excluding tert-OH is 1. The number of hydrogen-bond donors (Lipinski definition) is 2. The summed E-state index contributed by atoms with van der Waals surface area (Å²) in [7, 11) is 1.50. The number of aliphatic imine (C=N–C) groups is 1. The minimum Gasteiger partial charge on any atom is -0.468 e. The van der Waals surface area contributed by atoms with Crippen LogP contribution in [0.5, 0.6) is 0 Å². The number of nitrogens with zero attached hydrogens (tertiary/aromatic N) is 3. The van der Waals surface area contributed by atoms with Crippen molar-refractivity contribution in [1.82, 2.24) is 9.55 Å². The van der Waals surface area contributed by atoms with Gasteiger partial charge in [-0.3, -0.25) is 10.1 Å². The van der Waals surface area contributed by atoms with E-state index in [0.29, 0.717) is 11.6 Å². The third-order valence-electron chi connectivity index (χ3n) is 5.16. The molecule has 2 aliphatic rings. The lowest BCUT2D eigenvalue weighted by Crippen LogP contribution is -2.20. The van der Waals surface area contributed by atoms with Crippen LogP contribution in [0, 0.1) is 11.8 Å². The van der Waals surface area contributed by atoms with E-state index in [1.165, 1.54) is 13.2 Å². The number of amidine groups is 1. The Morgan fingerprint density at radius 2 is 2.16 bits per heavy atom. The molecule has 2 aromatic rings. The summed E-state index contributed by atoms with van der Waals surface area (Å²) >= 11 is 0. The minimum absolute atomic E-state index is 0.0203. The van der Waals surface area contributed by atoms with E-state index in [4.69, 9.17) is 9.47 Å². The summed E-state index contributed by atoms with van der Waals surface area (Å²) in [6, 6.07) is 3.43. The van der Waals surface area contributed by atoms with Gasteiger partial charge in [-0.2, -0.15) is 9.98 Å². The highest BCUT2D eigenvalue weighted by atomic mass is 16.5. The summed E-state index contributed by atoms with van der Waals surface area (Å²) < 4.78 is 13.2. The molecule has 2 aromatic heterocycles. The molecular weight excluding hydrogens is 324 g/mol. The molecule has 0 bridgehead atoms. The van der Waals surface area contributed by atoms with Gasteiger partial charge in [0.2, 0.25) is 0 Å². The molecule has 4 rings (SSSR count). The highest BCUT2D eigenvalue weighted by Gasteiger charge is 2.41. The first-order valence-corrected chi connectivity index (χ1v) is 8.25. The van der Waals surface area contributed by atoms with Crippen LogP contribution in [0.3, 0.4) is 0 Å². The van der Waals surface area contributed by atoms with Crippen molar-refractivity contribution in [2.75, 3.05) is 19.0 Å². The Bertz CT molecular complexity index is 923. The third kappa shape index (κ3) is 2.40. The molecular formula is C17H20N4O4. The van der Waals surface area contributed by atoms with E-state index in [1.807, 2.05) is 10.8 Å². The van der Waals surface area contributed by atoms with Crippen LogP contribution in [-0.4, -0.2) is 40.5 Å². The number of anilines is 1. The predicted octanol–water partition coefficient (Wildman–Crippen LogP) is 1.62. The lowest BCUT2D eigenvalue weighted by Gasteiger charge is -2.21. The second-order valence-electron chi connectivity index (χ2n) is 6.53. The lowest BCUT2D eigenvalue weighted by molar-refractivity contribution is -0.0342. The lowest BCUT2D eigenvalue weighted by atomic mass is 9.93. The Morgan fingerprint density at radius 3 is 2.84 bits per heavy atom. The Morgan fingerprint density at radius 1 is 1.36 bits per heavy atom. The van der Waals surface area contributed by atoms with Crippen LogP contribution in [0.4, 0.5) is 11.6 Å². The van der Waals surface area contributed by atoms with Crippen LogP contribution in [0.2, 0.25) is 0 Å². The van der Waals surface area contributed by atoms with E-state index >= 15 is 0 Å². The second-order valence-corrected chi connectivity index (χ2v) is 6.53. The van der Waals surface area contributed by atoms with Crippen molar-refractivity contribution in [2.24, 2.45) is 16.8 Å². The van der Waals surface area contributed by atoms with Crippen molar-refractivity contribution in [1.29, 1.82) is 0 Å². The molecule has 0 amide bonds. The summed E-state index contributed by atoms with van der Waals surface area (Å²) in [5.41, 5.74) is -0.340. The van der Waals surface area contributed by atoms with Crippen LogP contribution in [-0.2, 0) is 9.47 Å². The van der Waals surface area contributed by atoms with Crippen LogP contribution in [0.15, 0.2) is 28.1 Å². The topological polar surface area (TPSA) is 98.0 Å². The first-order valence-electron chi connectivity index (χ1n) is 8.25. The summed E-state index contributed by atoms with van der Waals surface area (Å²) in [5.74, 6) is 1.45. The zero-order valence-corrected chi connectivity index (χ0v) is 14.3. The molecule has 0 unspecified atom stereocenters. The molecule has 0 spiro atoms. The number of rotatable bonds is 2. The highest BCUT2D eigenvalue weighted by Crippen LogP contribution is 2.44. The maximum atomic E-state index is 11.8. The first-order chi connectivity index (χ1) is 12.0. The van der Waals surface area contributed by atoms with E-state index in [-0.39, 0.29) is 42.4 Å². The number of aromatic nitrogens is 2.